The number of fused-ring (bicyclic) bond motifs is 1. The first-order chi connectivity index (χ1) is 15.5. The van der Waals surface area contributed by atoms with Gasteiger partial charge in [0.05, 0.1) is 23.3 Å². The highest BCUT2D eigenvalue weighted by molar-refractivity contribution is 7.16. The molecule has 3 rings (SSSR count). The van der Waals surface area contributed by atoms with Gasteiger partial charge in [-0.1, -0.05) is 29.6 Å². The van der Waals surface area contributed by atoms with Crippen LogP contribution in [0.15, 0.2) is 18.2 Å². The van der Waals surface area contributed by atoms with E-state index < -0.39 is 23.7 Å². The molecule has 0 saturated carbocycles. The minimum atomic E-state index is -5.34. The number of hydrogen-bond acceptors (Lipinski definition) is 6. The van der Waals surface area contributed by atoms with Crippen molar-refractivity contribution in [2.75, 3.05) is 12.4 Å². The third kappa shape index (κ3) is 4.90. The van der Waals surface area contributed by atoms with Crippen LogP contribution < -0.4 is 10.6 Å². The largest absolute Gasteiger partial charge is 0.466 e. The van der Waals surface area contributed by atoms with Crippen LogP contribution in [-0.2, 0) is 22.4 Å². The number of methoxy groups -OCH3 is 1. The van der Waals surface area contributed by atoms with Crippen molar-refractivity contribution in [3.8, 4) is 6.07 Å². The normalized spacial score (nSPS) is 15.4. The fraction of sp³-hybridized carbons (Fsp3) is 0.381. The zero-order valence-electron chi connectivity index (χ0n) is 17.2. The maximum Gasteiger partial charge on any atom is 0.441 e. The summed E-state index contributed by atoms with van der Waals surface area (Å²) in [6, 6.07) is 5.53. The van der Waals surface area contributed by atoms with Crippen molar-refractivity contribution in [1.29, 1.82) is 5.26 Å². The Morgan fingerprint density at radius 1 is 1.18 bits per heavy atom. The molecule has 1 aliphatic rings. The number of alkyl halides is 3. The van der Waals surface area contributed by atoms with Crippen LogP contribution in [0.3, 0.4) is 0 Å². The molecule has 2 N–H and O–H groups in total. The Balaban J connectivity index is 2.10. The third-order valence-electron chi connectivity index (χ3n) is 5.23. The fourth-order valence-corrected chi connectivity index (χ4v) is 5.36. The number of esters is 1. The topological polar surface area (TPSA) is 91.2 Å². The first kappa shape index (κ1) is 25.1. The number of nitrogens with one attached hydrogen (secondary N) is 2. The van der Waals surface area contributed by atoms with Gasteiger partial charge in [-0.25, -0.2) is 4.79 Å². The summed E-state index contributed by atoms with van der Waals surface area (Å²) in [5.41, 5.74) is -3.32. The number of halogens is 5. The van der Waals surface area contributed by atoms with Crippen LogP contribution in [0.2, 0.25) is 10.0 Å². The van der Waals surface area contributed by atoms with Gasteiger partial charge in [0.25, 0.3) is 5.91 Å². The minimum Gasteiger partial charge on any atom is -0.466 e. The van der Waals surface area contributed by atoms with Gasteiger partial charge in [0.1, 0.15) is 11.1 Å². The molecule has 1 atom stereocenters. The highest BCUT2D eigenvalue weighted by Crippen LogP contribution is 2.41. The van der Waals surface area contributed by atoms with Gasteiger partial charge in [-0.2, -0.15) is 18.4 Å². The number of thiophene rings is 1. The molecule has 12 heteroatoms. The van der Waals surface area contributed by atoms with E-state index in [0.29, 0.717) is 18.4 Å². The highest BCUT2D eigenvalue weighted by Gasteiger charge is 2.64. The van der Waals surface area contributed by atoms with Gasteiger partial charge < -0.3 is 15.4 Å². The molecular formula is C21H18Cl2F3N3O3S. The number of amides is 1. The number of carbonyl (C=O) groups is 2. The van der Waals surface area contributed by atoms with Gasteiger partial charge in [-0.3, -0.25) is 4.79 Å². The molecule has 33 heavy (non-hydrogen) atoms. The van der Waals surface area contributed by atoms with Crippen molar-refractivity contribution in [2.24, 2.45) is 0 Å². The summed E-state index contributed by atoms with van der Waals surface area (Å²) >= 11 is 12.7. The van der Waals surface area contributed by atoms with Gasteiger partial charge >= 0.3 is 17.8 Å². The Labute approximate surface area is 201 Å². The molecule has 0 fully saturated rings. The zero-order valence-corrected chi connectivity index (χ0v) is 19.6. The number of anilines is 1. The zero-order chi connectivity index (χ0) is 24.4. The predicted octanol–water partition coefficient (Wildman–Crippen LogP) is 5.47. The number of ether oxygens (including phenoxy) is 1. The number of rotatable bonds is 5. The number of hydrogen-bond donors (Lipinski definition) is 2. The summed E-state index contributed by atoms with van der Waals surface area (Å²) in [4.78, 5) is 26.1. The standard InChI is InChI=1S/C21H18Cl2F3N3O3S/c1-32-19(31)20(21(24,25)26,28-17(30)13-8-7-11(22)9-15(13)23)29-18-14(10-27)12-5-3-2-4-6-16(12)33-18/h7-9,29H,2-6H2,1H3,(H,28,30). The fourth-order valence-electron chi connectivity index (χ4n) is 3.57. The van der Waals surface area contributed by atoms with E-state index in [2.05, 4.69) is 10.1 Å². The quantitative estimate of drug-likeness (QED) is 0.310. The van der Waals surface area contributed by atoms with E-state index in [-0.39, 0.29) is 26.2 Å². The second-order valence-electron chi connectivity index (χ2n) is 7.32. The van der Waals surface area contributed by atoms with E-state index in [9.17, 15) is 28.0 Å². The summed E-state index contributed by atoms with van der Waals surface area (Å²) < 4.78 is 47.7. The molecule has 0 aliphatic heterocycles. The third-order valence-corrected chi connectivity index (χ3v) is 6.98. The molecule has 1 aliphatic carbocycles. The lowest BCUT2D eigenvalue weighted by Crippen LogP contribution is -2.69. The second-order valence-corrected chi connectivity index (χ2v) is 9.27. The molecular weight excluding hydrogens is 502 g/mol. The van der Waals surface area contributed by atoms with Crippen molar-refractivity contribution in [2.45, 2.75) is 43.9 Å². The molecule has 0 spiro atoms. The molecule has 2 aromatic rings. The Morgan fingerprint density at radius 3 is 2.48 bits per heavy atom. The van der Waals surface area contributed by atoms with Crippen LogP contribution in [0, 0.1) is 11.3 Å². The van der Waals surface area contributed by atoms with Gasteiger partial charge in [0.2, 0.25) is 0 Å². The number of carbonyl (C=O) groups excluding carboxylic acids is 2. The Hall–Kier alpha value is -2.48. The molecule has 1 aromatic carbocycles. The SMILES string of the molecule is COC(=O)C(NC(=O)c1ccc(Cl)cc1Cl)(Nc1sc2c(c1C#N)CCCCC2)C(F)(F)F. The number of nitriles is 1. The molecule has 0 radical (unpaired) electrons. The van der Waals surface area contributed by atoms with Crippen LogP contribution in [-0.4, -0.2) is 30.8 Å². The van der Waals surface area contributed by atoms with Gasteiger partial charge in [0, 0.05) is 9.90 Å². The van der Waals surface area contributed by atoms with E-state index in [0.717, 1.165) is 48.7 Å². The average Bonchev–Trinajstić information content (AvgIpc) is 2.90. The van der Waals surface area contributed by atoms with E-state index in [1.54, 1.807) is 5.32 Å². The first-order valence-electron chi connectivity index (χ1n) is 9.79. The molecule has 6 nitrogen and oxygen atoms in total. The van der Waals surface area contributed by atoms with Gasteiger partial charge in [0.15, 0.2) is 0 Å². The smallest absolute Gasteiger partial charge is 0.441 e. The molecule has 1 aromatic heterocycles. The van der Waals surface area contributed by atoms with Crippen LogP contribution in [0.5, 0.6) is 0 Å². The lowest BCUT2D eigenvalue weighted by atomic mass is 10.0. The van der Waals surface area contributed by atoms with Crippen molar-refractivity contribution in [3.05, 3.63) is 49.8 Å². The number of aryl methyl sites for hydroxylation is 1. The summed E-state index contributed by atoms with van der Waals surface area (Å²) in [6.45, 7) is 0. The maximum atomic E-state index is 14.4. The van der Waals surface area contributed by atoms with Crippen molar-refractivity contribution < 1.29 is 27.5 Å². The van der Waals surface area contributed by atoms with Crippen LogP contribution >= 0.6 is 34.5 Å². The minimum absolute atomic E-state index is 0.0215. The van der Waals surface area contributed by atoms with Crippen molar-refractivity contribution >= 4 is 51.4 Å². The summed E-state index contributed by atoms with van der Waals surface area (Å²) in [7, 11) is 0.765. The maximum absolute atomic E-state index is 14.4. The molecule has 0 saturated heterocycles. The molecule has 1 heterocycles. The Kier molecular flexibility index (Phi) is 7.46. The molecule has 1 unspecified atom stereocenters. The van der Waals surface area contributed by atoms with Gasteiger partial charge in [-0.05, 0) is 49.4 Å². The van der Waals surface area contributed by atoms with Gasteiger partial charge in [-0.15, -0.1) is 11.3 Å². The summed E-state index contributed by atoms with van der Waals surface area (Å²) in [5.74, 6) is -3.09. The summed E-state index contributed by atoms with van der Waals surface area (Å²) in [5, 5.41) is 13.3. The average molecular weight is 520 g/mol. The van der Waals surface area contributed by atoms with E-state index in [4.69, 9.17) is 23.2 Å². The molecule has 0 bridgehead atoms. The first-order valence-corrected chi connectivity index (χ1v) is 11.4. The Bertz CT molecular complexity index is 1130. The van der Waals surface area contributed by atoms with E-state index in [1.165, 1.54) is 12.1 Å². The summed E-state index contributed by atoms with van der Waals surface area (Å²) in [6.07, 6.45) is -1.61. The monoisotopic (exact) mass is 519 g/mol. The van der Waals surface area contributed by atoms with Crippen LogP contribution in [0.1, 0.15) is 45.6 Å². The van der Waals surface area contributed by atoms with Crippen molar-refractivity contribution in [3.63, 3.8) is 0 Å². The van der Waals surface area contributed by atoms with E-state index in [1.807, 2.05) is 6.07 Å². The second kappa shape index (κ2) is 9.79. The number of nitrogens with zero attached hydrogens (tertiary/aromatic N) is 1. The molecule has 1 amide bonds. The van der Waals surface area contributed by atoms with Crippen molar-refractivity contribution in [1.82, 2.24) is 5.32 Å². The number of benzene rings is 1. The lowest BCUT2D eigenvalue weighted by Gasteiger charge is -2.34. The van der Waals surface area contributed by atoms with Crippen LogP contribution in [0.4, 0.5) is 18.2 Å². The lowest BCUT2D eigenvalue weighted by molar-refractivity contribution is -0.203. The van der Waals surface area contributed by atoms with E-state index >= 15 is 0 Å². The van der Waals surface area contributed by atoms with Crippen LogP contribution in [0.25, 0.3) is 0 Å². The molecule has 176 valence electrons. The Morgan fingerprint density at radius 2 is 1.88 bits per heavy atom. The highest BCUT2D eigenvalue weighted by atomic mass is 35.5. The predicted molar refractivity (Wildman–Crippen MR) is 119 cm³/mol.